The number of amides is 2. The molecule has 2 aromatic rings. The van der Waals surface area contributed by atoms with Crippen LogP contribution in [0.15, 0.2) is 33.5 Å². The van der Waals surface area contributed by atoms with E-state index in [1.807, 2.05) is 6.92 Å². The second-order valence-electron chi connectivity index (χ2n) is 4.67. The Bertz CT molecular complexity index is 909. The predicted octanol–water partition coefficient (Wildman–Crippen LogP) is 1.43. The number of anilines is 1. The Kier molecular flexibility index (Phi) is 4.56. The van der Waals surface area contributed by atoms with Crippen LogP contribution in [-0.2, 0) is 14.8 Å². The standard InChI is InChI=1S/C13H12N4O4S3/c1-2-22-13-16-15-12(23-13)14-10(18)7-17-11(19)8-5-3-4-6-9(8)24(17,20)21/h3-6H,2,7H2,1H3,(H,14,15,18). The van der Waals surface area contributed by atoms with E-state index in [0.29, 0.717) is 8.64 Å². The zero-order valence-corrected chi connectivity index (χ0v) is 14.9. The molecule has 0 aliphatic carbocycles. The van der Waals surface area contributed by atoms with Crippen LogP contribution in [0.3, 0.4) is 0 Å². The fraction of sp³-hybridized carbons (Fsp3) is 0.231. The fourth-order valence-electron chi connectivity index (χ4n) is 2.12. The van der Waals surface area contributed by atoms with Gasteiger partial charge in [-0.2, -0.15) is 0 Å². The first-order chi connectivity index (χ1) is 11.4. The van der Waals surface area contributed by atoms with Gasteiger partial charge in [0.2, 0.25) is 11.0 Å². The highest BCUT2D eigenvalue weighted by molar-refractivity contribution is 8.01. The molecular weight excluding hydrogens is 372 g/mol. The van der Waals surface area contributed by atoms with Crippen LogP contribution in [0.5, 0.6) is 0 Å². The molecule has 0 bridgehead atoms. The van der Waals surface area contributed by atoms with E-state index in [1.54, 1.807) is 6.07 Å². The van der Waals surface area contributed by atoms with Gasteiger partial charge in [0.25, 0.3) is 15.9 Å². The maximum atomic E-state index is 12.4. The molecule has 2 amide bonds. The lowest BCUT2D eigenvalue weighted by Crippen LogP contribution is -2.37. The fourth-order valence-corrected chi connectivity index (χ4v) is 5.31. The molecule has 2 heterocycles. The van der Waals surface area contributed by atoms with Crippen LogP contribution < -0.4 is 5.32 Å². The average Bonchev–Trinajstić information content (AvgIpc) is 3.05. The van der Waals surface area contributed by atoms with Gasteiger partial charge >= 0.3 is 0 Å². The molecule has 11 heteroatoms. The van der Waals surface area contributed by atoms with E-state index < -0.39 is 28.4 Å². The number of carbonyl (C=O) groups excluding carboxylic acids is 2. The predicted molar refractivity (Wildman–Crippen MR) is 89.6 cm³/mol. The number of nitrogens with one attached hydrogen (secondary N) is 1. The molecule has 0 fully saturated rings. The molecule has 0 radical (unpaired) electrons. The van der Waals surface area contributed by atoms with Crippen molar-refractivity contribution in [2.75, 3.05) is 17.6 Å². The van der Waals surface area contributed by atoms with E-state index in [1.165, 1.54) is 41.3 Å². The Morgan fingerprint density at radius 2 is 2.08 bits per heavy atom. The van der Waals surface area contributed by atoms with Gasteiger partial charge in [-0.25, -0.2) is 12.7 Å². The first-order valence-corrected chi connectivity index (χ1v) is 10.1. The average molecular weight is 384 g/mol. The SMILES string of the molecule is CCSc1nnc(NC(=O)CN2C(=O)c3ccccc3S2(=O)=O)s1. The zero-order valence-electron chi connectivity index (χ0n) is 12.4. The summed E-state index contributed by atoms with van der Waals surface area (Å²) >= 11 is 2.67. The van der Waals surface area contributed by atoms with Crippen LogP contribution in [0.4, 0.5) is 5.13 Å². The molecule has 8 nitrogen and oxygen atoms in total. The molecule has 126 valence electrons. The van der Waals surface area contributed by atoms with E-state index >= 15 is 0 Å². The van der Waals surface area contributed by atoms with Crippen molar-refractivity contribution >= 4 is 50.1 Å². The number of aromatic nitrogens is 2. The molecule has 3 rings (SSSR count). The Morgan fingerprint density at radius 3 is 2.79 bits per heavy atom. The summed E-state index contributed by atoms with van der Waals surface area (Å²) in [6.07, 6.45) is 0. The number of hydrogen-bond donors (Lipinski definition) is 1. The monoisotopic (exact) mass is 384 g/mol. The summed E-state index contributed by atoms with van der Waals surface area (Å²) in [7, 11) is -4.00. The van der Waals surface area contributed by atoms with Gasteiger partial charge < -0.3 is 0 Å². The van der Waals surface area contributed by atoms with Crippen LogP contribution in [-0.4, -0.2) is 47.0 Å². The molecule has 0 saturated carbocycles. The van der Waals surface area contributed by atoms with Gasteiger partial charge in [-0.3, -0.25) is 14.9 Å². The van der Waals surface area contributed by atoms with Crippen molar-refractivity contribution in [1.82, 2.24) is 14.5 Å². The highest BCUT2D eigenvalue weighted by atomic mass is 32.2. The topological polar surface area (TPSA) is 109 Å². The van der Waals surface area contributed by atoms with Gasteiger partial charge in [0.05, 0.1) is 5.56 Å². The number of sulfonamides is 1. The summed E-state index contributed by atoms with van der Waals surface area (Å²) in [5.74, 6) is -0.536. The second kappa shape index (κ2) is 6.49. The number of carbonyl (C=O) groups is 2. The molecule has 1 aliphatic rings. The molecule has 0 unspecified atom stereocenters. The number of benzene rings is 1. The lowest BCUT2D eigenvalue weighted by Gasteiger charge is -2.13. The number of nitrogens with zero attached hydrogens (tertiary/aromatic N) is 3. The largest absolute Gasteiger partial charge is 0.299 e. The van der Waals surface area contributed by atoms with E-state index in [4.69, 9.17) is 0 Å². The minimum absolute atomic E-state index is 0.0721. The normalized spacial score (nSPS) is 15.4. The van der Waals surface area contributed by atoms with E-state index in [-0.39, 0.29) is 15.6 Å². The zero-order chi connectivity index (χ0) is 17.3. The smallest absolute Gasteiger partial charge is 0.269 e. The Balaban J connectivity index is 1.74. The maximum absolute atomic E-state index is 12.4. The van der Waals surface area contributed by atoms with Gasteiger partial charge in [0, 0.05) is 0 Å². The molecule has 0 atom stereocenters. The third-order valence-corrected chi connectivity index (χ3v) is 6.76. The van der Waals surface area contributed by atoms with Crippen molar-refractivity contribution in [3.8, 4) is 0 Å². The third kappa shape index (κ3) is 3.01. The van der Waals surface area contributed by atoms with Crippen molar-refractivity contribution in [2.45, 2.75) is 16.2 Å². The number of thioether (sulfide) groups is 1. The third-order valence-electron chi connectivity index (χ3n) is 3.12. The van der Waals surface area contributed by atoms with E-state index in [0.717, 1.165) is 5.75 Å². The van der Waals surface area contributed by atoms with Crippen LogP contribution in [0.2, 0.25) is 0 Å². The highest BCUT2D eigenvalue weighted by Gasteiger charge is 2.41. The molecule has 1 aromatic heterocycles. The first kappa shape index (κ1) is 16.9. The summed E-state index contributed by atoms with van der Waals surface area (Å²) in [5.41, 5.74) is 0.0721. The molecule has 1 aliphatic heterocycles. The van der Waals surface area contributed by atoms with Crippen LogP contribution in [0, 0.1) is 0 Å². The molecule has 1 N–H and O–H groups in total. The van der Waals surface area contributed by atoms with E-state index in [2.05, 4.69) is 15.5 Å². The van der Waals surface area contributed by atoms with Crippen LogP contribution >= 0.6 is 23.1 Å². The van der Waals surface area contributed by atoms with Gasteiger partial charge in [-0.15, -0.1) is 10.2 Å². The van der Waals surface area contributed by atoms with Crippen molar-refractivity contribution in [3.63, 3.8) is 0 Å². The lowest BCUT2D eigenvalue weighted by atomic mass is 10.2. The van der Waals surface area contributed by atoms with Gasteiger partial charge in [-0.1, -0.05) is 42.2 Å². The van der Waals surface area contributed by atoms with Crippen molar-refractivity contribution in [3.05, 3.63) is 29.8 Å². The molecule has 0 spiro atoms. The summed E-state index contributed by atoms with van der Waals surface area (Å²) < 4.78 is 26.0. The van der Waals surface area contributed by atoms with E-state index in [9.17, 15) is 18.0 Å². The second-order valence-corrected chi connectivity index (χ2v) is 8.99. The number of hydrogen-bond acceptors (Lipinski definition) is 8. The summed E-state index contributed by atoms with van der Waals surface area (Å²) in [6, 6.07) is 5.87. The van der Waals surface area contributed by atoms with Crippen molar-refractivity contribution in [2.24, 2.45) is 0 Å². The number of fused-ring (bicyclic) bond motifs is 1. The van der Waals surface area contributed by atoms with Gasteiger partial charge in [0.1, 0.15) is 11.4 Å². The van der Waals surface area contributed by atoms with Crippen LogP contribution in [0.1, 0.15) is 17.3 Å². The molecular formula is C13H12N4O4S3. The molecule has 1 aromatic carbocycles. The van der Waals surface area contributed by atoms with Gasteiger partial charge in [-0.05, 0) is 17.9 Å². The van der Waals surface area contributed by atoms with Crippen molar-refractivity contribution in [1.29, 1.82) is 0 Å². The first-order valence-electron chi connectivity index (χ1n) is 6.85. The summed E-state index contributed by atoms with van der Waals surface area (Å²) in [5, 5.41) is 10.4. The number of rotatable bonds is 5. The van der Waals surface area contributed by atoms with Crippen molar-refractivity contribution < 1.29 is 18.0 Å². The summed E-state index contributed by atoms with van der Waals surface area (Å²) in [4.78, 5) is 24.2. The minimum Gasteiger partial charge on any atom is -0.299 e. The minimum atomic E-state index is -4.00. The molecule has 0 saturated heterocycles. The quantitative estimate of drug-likeness (QED) is 0.613. The highest BCUT2D eigenvalue weighted by Crippen LogP contribution is 2.30. The Morgan fingerprint density at radius 1 is 1.33 bits per heavy atom. The molecule has 24 heavy (non-hydrogen) atoms. The Labute approximate surface area is 146 Å². The van der Waals surface area contributed by atoms with Gasteiger partial charge in [0.15, 0.2) is 4.34 Å². The van der Waals surface area contributed by atoms with Crippen LogP contribution in [0.25, 0.3) is 0 Å². The summed E-state index contributed by atoms with van der Waals surface area (Å²) in [6.45, 7) is 1.36. The Hall–Kier alpha value is -1.98. The maximum Gasteiger partial charge on any atom is 0.269 e. The lowest BCUT2D eigenvalue weighted by molar-refractivity contribution is -0.116.